The smallest absolute Gasteiger partial charge is 0.328 e. The number of nitrogens with one attached hydrogen (secondary N) is 4. The Morgan fingerprint density at radius 3 is 1.77 bits per heavy atom. The Morgan fingerprint density at radius 1 is 0.775 bits per heavy atom. The van der Waals surface area contributed by atoms with Crippen LogP contribution in [-0.4, -0.2) is 105 Å². The number of hydrogen-bond donors (Lipinski definition) is 10. The van der Waals surface area contributed by atoms with Crippen LogP contribution in [0.3, 0.4) is 0 Å². The lowest BCUT2D eigenvalue weighted by molar-refractivity contribution is -0.143. The highest BCUT2D eigenvalue weighted by molar-refractivity contribution is 5.95. The molecule has 0 aromatic heterocycles. The van der Waals surface area contributed by atoms with Gasteiger partial charge in [-0.05, 0) is 37.0 Å². The van der Waals surface area contributed by atoms with Gasteiger partial charge in [-0.3, -0.25) is 19.2 Å². The molecule has 0 saturated carbocycles. The quantitative estimate of drug-likeness (QED) is 0.0942. The zero-order valence-electron chi connectivity index (χ0n) is 22.5. The molecule has 1 aromatic carbocycles. The van der Waals surface area contributed by atoms with Crippen LogP contribution in [0, 0.1) is 5.92 Å². The fourth-order valence-corrected chi connectivity index (χ4v) is 3.52. The first-order valence-electron chi connectivity index (χ1n) is 12.6. The molecule has 224 valence electrons. The number of carboxylic acid groups (broad SMARTS) is 1. The van der Waals surface area contributed by atoms with Gasteiger partial charge in [0.15, 0.2) is 0 Å². The average molecular weight is 570 g/mol. The number of rotatable bonds is 16. The van der Waals surface area contributed by atoms with Gasteiger partial charge in [-0.1, -0.05) is 26.0 Å². The van der Waals surface area contributed by atoms with Crippen LogP contribution in [0.5, 0.6) is 5.75 Å². The van der Waals surface area contributed by atoms with Crippen LogP contribution < -0.4 is 27.0 Å². The van der Waals surface area contributed by atoms with Crippen LogP contribution in [0.2, 0.25) is 0 Å². The summed E-state index contributed by atoms with van der Waals surface area (Å²) in [7, 11) is 0. The summed E-state index contributed by atoms with van der Waals surface area (Å²) in [5.74, 6) is -5.28. The molecule has 15 nitrogen and oxygen atoms in total. The number of carbonyl (C=O) groups is 5. The molecule has 0 fully saturated rings. The van der Waals surface area contributed by atoms with E-state index < -0.39 is 79.1 Å². The number of amides is 4. The number of aliphatic hydroxyl groups excluding tert-OH is 3. The van der Waals surface area contributed by atoms with E-state index in [4.69, 9.17) is 10.8 Å². The molecule has 0 bridgehead atoms. The second-order valence-corrected chi connectivity index (χ2v) is 9.72. The van der Waals surface area contributed by atoms with Gasteiger partial charge in [0.2, 0.25) is 23.6 Å². The molecular weight excluding hydrogens is 530 g/mol. The first-order valence-corrected chi connectivity index (χ1v) is 12.6. The third-order valence-corrected chi connectivity index (χ3v) is 5.74. The number of benzene rings is 1. The topological polar surface area (TPSA) is 261 Å². The van der Waals surface area contributed by atoms with Crippen molar-refractivity contribution in [2.75, 3.05) is 13.2 Å². The summed E-state index contributed by atoms with van der Waals surface area (Å²) in [6, 6.07) is -1.42. The van der Waals surface area contributed by atoms with Gasteiger partial charge in [0.1, 0.15) is 36.0 Å². The molecular formula is C25H39N5O10. The minimum absolute atomic E-state index is 0.0319. The van der Waals surface area contributed by atoms with E-state index in [1.807, 2.05) is 0 Å². The second kappa shape index (κ2) is 16.3. The van der Waals surface area contributed by atoms with Crippen LogP contribution in [0.15, 0.2) is 24.3 Å². The monoisotopic (exact) mass is 569 g/mol. The third kappa shape index (κ3) is 11.1. The van der Waals surface area contributed by atoms with E-state index in [1.165, 1.54) is 31.2 Å². The summed E-state index contributed by atoms with van der Waals surface area (Å²) in [6.45, 7) is 3.12. The Hall–Kier alpha value is -3.79. The Kier molecular flexibility index (Phi) is 14.0. The predicted molar refractivity (Wildman–Crippen MR) is 140 cm³/mol. The van der Waals surface area contributed by atoms with Gasteiger partial charge in [-0.25, -0.2) is 4.79 Å². The van der Waals surface area contributed by atoms with E-state index in [-0.39, 0.29) is 24.5 Å². The van der Waals surface area contributed by atoms with Crippen molar-refractivity contribution >= 4 is 29.6 Å². The number of hydrogen-bond acceptors (Lipinski definition) is 10. The highest BCUT2D eigenvalue weighted by atomic mass is 16.4. The molecule has 0 aliphatic carbocycles. The summed E-state index contributed by atoms with van der Waals surface area (Å²) in [5, 5.41) is 56.5. The zero-order valence-corrected chi connectivity index (χ0v) is 22.5. The fraction of sp³-hybridized carbons (Fsp3) is 0.560. The number of phenols is 1. The number of carbonyl (C=O) groups excluding carboxylic acids is 4. The van der Waals surface area contributed by atoms with E-state index >= 15 is 0 Å². The molecule has 0 spiro atoms. The van der Waals surface area contributed by atoms with E-state index in [2.05, 4.69) is 21.3 Å². The van der Waals surface area contributed by atoms with Gasteiger partial charge in [0.25, 0.3) is 0 Å². The van der Waals surface area contributed by atoms with Gasteiger partial charge < -0.3 is 52.5 Å². The number of aromatic hydroxyl groups is 1. The third-order valence-electron chi connectivity index (χ3n) is 5.74. The number of nitrogens with two attached hydrogens (primary N) is 1. The molecule has 4 amide bonds. The molecule has 6 atom stereocenters. The standard InChI is InChI=1S/C25H39N5O10/c1-12(2)8-17(22(36)29-19(11-32)25(39)40)28-24(38)20(13(3)33)30-23(37)18(27-21(35)16(26)10-31)9-14-4-6-15(34)7-5-14/h4-7,12-13,16-20,31-34H,8-11,26H2,1-3H3,(H,27,35)(H,28,38)(H,29,36)(H,30,37)(H,39,40)/t13-,16+,17+,18+,19+,20+/m1/s1. The fourth-order valence-electron chi connectivity index (χ4n) is 3.52. The van der Waals surface area contributed by atoms with Crippen LogP contribution >= 0.6 is 0 Å². The summed E-state index contributed by atoms with van der Waals surface area (Å²) in [4.78, 5) is 62.5. The highest BCUT2D eigenvalue weighted by Crippen LogP contribution is 2.12. The first-order chi connectivity index (χ1) is 18.7. The van der Waals surface area contributed by atoms with Gasteiger partial charge >= 0.3 is 5.97 Å². The maximum Gasteiger partial charge on any atom is 0.328 e. The number of phenolic OH excluding ortho intramolecular Hbond substituents is 1. The van der Waals surface area contributed by atoms with Gasteiger partial charge in [0.05, 0.1) is 19.3 Å². The Morgan fingerprint density at radius 2 is 1.30 bits per heavy atom. The number of aliphatic carboxylic acids is 1. The highest BCUT2D eigenvalue weighted by Gasteiger charge is 2.34. The normalized spacial score (nSPS) is 15.6. The van der Waals surface area contributed by atoms with E-state index in [0.29, 0.717) is 5.56 Å². The molecule has 0 unspecified atom stereocenters. The van der Waals surface area contributed by atoms with Crippen LogP contribution in [-0.2, 0) is 30.4 Å². The maximum absolute atomic E-state index is 13.2. The number of carboxylic acids is 1. The second-order valence-electron chi connectivity index (χ2n) is 9.72. The van der Waals surface area contributed by atoms with Crippen molar-refractivity contribution in [3.8, 4) is 5.75 Å². The van der Waals surface area contributed by atoms with E-state index in [1.54, 1.807) is 13.8 Å². The van der Waals surface area contributed by atoms with E-state index in [9.17, 15) is 44.4 Å². The van der Waals surface area contributed by atoms with Gasteiger partial charge in [-0.15, -0.1) is 0 Å². The molecule has 0 saturated heterocycles. The first kappa shape index (κ1) is 34.2. The lowest BCUT2D eigenvalue weighted by Gasteiger charge is -2.28. The molecule has 0 aliphatic heterocycles. The number of aliphatic hydroxyl groups is 3. The van der Waals surface area contributed by atoms with Crippen molar-refractivity contribution in [2.24, 2.45) is 11.7 Å². The average Bonchev–Trinajstić information content (AvgIpc) is 2.88. The molecule has 0 aliphatic rings. The lowest BCUT2D eigenvalue weighted by Crippen LogP contribution is -2.61. The molecule has 1 rings (SSSR count). The SMILES string of the molecule is CC(C)C[C@H](NC(=O)[C@@H](NC(=O)[C@H](Cc1ccc(O)cc1)NC(=O)[C@@H](N)CO)[C@@H](C)O)C(=O)N[C@@H](CO)C(=O)O. The molecule has 1 aromatic rings. The van der Waals surface area contributed by atoms with Gasteiger partial charge in [0, 0.05) is 6.42 Å². The molecule has 40 heavy (non-hydrogen) atoms. The van der Waals surface area contributed by atoms with Crippen molar-refractivity contribution in [2.45, 2.75) is 69.9 Å². The summed E-state index contributed by atoms with van der Waals surface area (Å²) < 4.78 is 0. The van der Waals surface area contributed by atoms with E-state index in [0.717, 1.165) is 0 Å². The maximum atomic E-state index is 13.2. The van der Waals surface area contributed by atoms with Crippen LogP contribution in [0.4, 0.5) is 0 Å². The lowest BCUT2D eigenvalue weighted by atomic mass is 10.0. The van der Waals surface area contributed by atoms with Crippen molar-refractivity contribution in [3.05, 3.63) is 29.8 Å². The zero-order chi connectivity index (χ0) is 30.6. The Labute approximate surface area is 231 Å². The van der Waals surface area contributed by atoms with Crippen LogP contribution in [0.25, 0.3) is 0 Å². The molecule has 0 heterocycles. The Bertz CT molecular complexity index is 1020. The van der Waals surface area contributed by atoms with Crippen molar-refractivity contribution < 1.29 is 49.5 Å². The summed E-state index contributed by atoms with van der Waals surface area (Å²) in [6.07, 6.45) is -1.52. The minimum atomic E-state index is -1.61. The molecule has 15 heteroatoms. The largest absolute Gasteiger partial charge is 0.508 e. The summed E-state index contributed by atoms with van der Waals surface area (Å²) >= 11 is 0. The Balaban J connectivity index is 3.15. The van der Waals surface area contributed by atoms with Crippen LogP contribution in [0.1, 0.15) is 32.8 Å². The van der Waals surface area contributed by atoms with Crippen molar-refractivity contribution in [1.29, 1.82) is 0 Å². The van der Waals surface area contributed by atoms with Gasteiger partial charge in [-0.2, -0.15) is 0 Å². The molecule has 11 N–H and O–H groups in total. The molecule has 0 radical (unpaired) electrons. The minimum Gasteiger partial charge on any atom is -0.508 e. The van der Waals surface area contributed by atoms with Crippen molar-refractivity contribution in [1.82, 2.24) is 21.3 Å². The summed E-state index contributed by atoms with van der Waals surface area (Å²) in [5.41, 5.74) is 6.05. The predicted octanol–water partition coefficient (Wildman–Crippen LogP) is -3.30. The van der Waals surface area contributed by atoms with Crippen molar-refractivity contribution in [3.63, 3.8) is 0 Å².